The van der Waals surface area contributed by atoms with Crippen molar-refractivity contribution < 1.29 is 65.4 Å². The minimum atomic E-state index is -5.06. The number of anilines is 2. The number of halogens is 2. The second-order valence-electron chi connectivity index (χ2n) is 12.4. The third kappa shape index (κ3) is 8.78. The molecule has 24 heteroatoms. The van der Waals surface area contributed by atoms with Gasteiger partial charge in [0.1, 0.15) is 44.0 Å². The molecule has 0 aliphatic rings. The molecule has 0 radical (unpaired) electrons. The smallest absolute Gasteiger partial charge is 0.341 e. The van der Waals surface area contributed by atoms with Crippen LogP contribution in [0.5, 0.6) is 23.0 Å². The Bertz CT molecular complexity index is 2890. The van der Waals surface area contributed by atoms with E-state index in [1.807, 2.05) is 0 Å². The Kier molecular flexibility index (Phi) is 11.7. The van der Waals surface area contributed by atoms with E-state index < -0.39 is 78.1 Å². The first-order chi connectivity index (χ1) is 28.1. The molecule has 0 atom stereocenters. The Morgan fingerprint density at radius 3 is 1.27 bits per heavy atom. The molecule has 0 saturated heterocycles. The van der Waals surface area contributed by atoms with Gasteiger partial charge in [-0.05, 0) is 71.8 Å². The minimum Gasteiger partial charge on any atom is -0.505 e. The van der Waals surface area contributed by atoms with E-state index in [4.69, 9.17) is 44.1 Å². The molecular formula is C36H26Cl2N6O14S2. The summed E-state index contributed by atoms with van der Waals surface area (Å²) in [5.74, 6) is -4.79. The van der Waals surface area contributed by atoms with Crippen molar-refractivity contribution in [3.05, 3.63) is 82.8 Å². The Morgan fingerprint density at radius 2 is 0.933 bits per heavy atom. The number of nitrogens with two attached hydrogens (primary N) is 2. The van der Waals surface area contributed by atoms with Gasteiger partial charge in [-0.1, -0.05) is 35.3 Å². The lowest BCUT2D eigenvalue weighted by molar-refractivity contribution is -0.140. The second kappa shape index (κ2) is 16.4. The molecule has 10 N–H and O–H groups in total. The molecule has 6 aromatic rings. The molecule has 0 spiro atoms. The molecular weight excluding hydrogens is 875 g/mol. The molecule has 0 amide bonds. The van der Waals surface area contributed by atoms with Crippen LogP contribution >= 0.6 is 23.2 Å². The van der Waals surface area contributed by atoms with Gasteiger partial charge in [0.25, 0.3) is 20.2 Å². The zero-order chi connectivity index (χ0) is 43.8. The molecule has 6 rings (SSSR count). The maximum Gasteiger partial charge on any atom is 0.341 e. The van der Waals surface area contributed by atoms with Gasteiger partial charge >= 0.3 is 11.9 Å². The molecule has 0 aliphatic carbocycles. The normalized spacial score (nSPS) is 12.1. The van der Waals surface area contributed by atoms with E-state index in [-0.39, 0.29) is 77.0 Å². The predicted octanol–water partition coefficient (Wildman–Crippen LogP) is 7.79. The molecule has 0 fully saturated rings. The van der Waals surface area contributed by atoms with Gasteiger partial charge in [-0.3, -0.25) is 9.11 Å². The molecule has 0 unspecified atom stereocenters. The van der Waals surface area contributed by atoms with Crippen molar-refractivity contribution in [2.45, 2.75) is 9.79 Å². The molecule has 0 saturated carbocycles. The number of hydrogen-bond donors (Lipinski definition) is 8. The van der Waals surface area contributed by atoms with Gasteiger partial charge < -0.3 is 41.4 Å². The largest absolute Gasteiger partial charge is 0.505 e. The van der Waals surface area contributed by atoms with Crippen LogP contribution in [0.15, 0.2) is 103 Å². The Labute approximate surface area is 347 Å². The number of nitrogens with zero attached hydrogens (tertiary/aromatic N) is 4. The Hall–Kier alpha value is -6.82. The monoisotopic (exact) mass is 900 g/mol. The highest BCUT2D eigenvalue weighted by Gasteiger charge is 2.25. The van der Waals surface area contributed by atoms with Crippen molar-refractivity contribution in [3.63, 3.8) is 0 Å². The summed E-state index contributed by atoms with van der Waals surface area (Å²) in [5.41, 5.74) is 10.4. The molecule has 6 aromatic carbocycles. The molecule has 60 heavy (non-hydrogen) atoms. The number of hydrogen-bond acceptors (Lipinski definition) is 16. The predicted molar refractivity (Wildman–Crippen MR) is 216 cm³/mol. The standard InChI is InChI=1S/C36H26Cl2N6O14S2/c37-31-19-11-27(59(51,52)53)33(35(49)17(19)3-5-21(31)39)43-41-23-7-1-15(9-25(23)57-13-29(45)46)16-2-8-24(26(10-16)58-14-30(47)48)42-44-34-28(60(54,55)56)12-20-18(36(34)50)4-6-22(40)32(20)38/h1-12,49-50H,13-14,39-40H2,(H,45,46)(H,47,48)(H,51,52,53)(H,54,55,56). The van der Waals surface area contributed by atoms with E-state index in [0.717, 1.165) is 12.1 Å². The highest BCUT2D eigenvalue weighted by molar-refractivity contribution is 7.86. The minimum absolute atomic E-state index is 0.000564. The van der Waals surface area contributed by atoms with Crippen LogP contribution in [0.3, 0.4) is 0 Å². The zero-order valence-corrected chi connectivity index (χ0v) is 33.0. The van der Waals surface area contributed by atoms with E-state index in [1.54, 1.807) is 0 Å². The van der Waals surface area contributed by atoms with Gasteiger partial charge in [-0.25, -0.2) is 9.59 Å². The van der Waals surface area contributed by atoms with Crippen LogP contribution in [0.2, 0.25) is 10.0 Å². The lowest BCUT2D eigenvalue weighted by atomic mass is 10.0. The number of aromatic hydroxyl groups is 2. The van der Waals surface area contributed by atoms with E-state index in [0.29, 0.717) is 0 Å². The third-order valence-corrected chi connectivity index (χ3v) is 11.0. The number of fused-ring (bicyclic) bond motifs is 2. The van der Waals surface area contributed by atoms with Gasteiger partial charge in [0, 0.05) is 21.5 Å². The van der Waals surface area contributed by atoms with E-state index in [9.17, 15) is 56.0 Å². The molecule has 0 aromatic heterocycles. The number of rotatable bonds is 13. The molecule has 310 valence electrons. The van der Waals surface area contributed by atoms with Crippen molar-refractivity contribution in [1.29, 1.82) is 0 Å². The lowest BCUT2D eigenvalue weighted by Gasteiger charge is -2.13. The van der Waals surface area contributed by atoms with Gasteiger partial charge in [-0.15, -0.1) is 20.5 Å². The van der Waals surface area contributed by atoms with Crippen LogP contribution in [0, 0.1) is 0 Å². The average Bonchev–Trinajstić information content (AvgIpc) is 3.17. The first-order valence-electron chi connectivity index (χ1n) is 16.4. The molecule has 0 aliphatic heterocycles. The van der Waals surface area contributed by atoms with Crippen LogP contribution in [-0.4, -0.2) is 71.5 Å². The molecule has 0 bridgehead atoms. The SMILES string of the molecule is Nc1ccc2c(O)c(N=Nc3ccc(-c4ccc(N=Nc5c(S(=O)(=O)O)cc6c(Cl)c(N)ccc6c5O)c(OCC(=O)O)c4)cc3OCC(=O)O)c(S(=O)(=O)O)cc2c1Cl. The lowest BCUT2D eigenvalue weighted by Crippen LogP contribution is -2.09. The Balaban J connectivity index is 1.44. The number of phenolic OH excluding ortho intramolecular Hbond substituents is 2. The van der Waals surface area contributed by atoms with Crippen molar-refractivity contribution >= 4 is 111 Å². The van der Waals surface area contributed by atoms with Crippen molar-refractivity contribution in [1.82, 2.24) is 0 Å². The first kappa shape index (κ1) is 42.8. The number of ether oxygens (including phenoxy) is 2. The third-order valence-electron chi connectivity index (χ3n) is 8.42. The van der Waals surface area contributed by atoms with E-state index >= 15 is 0 Å². The number of carboxylic acid groups (broad SMARTS) is 2. The topological polar surface area (TPSA) is 344 Å². The molecule has 0 heterocycles. The average molecular weight is 902 g/mol. The van der Waals surface area contributed by atoms with Crippen molar-refractivity contribution in [3.8, 4) is 34.1 Å². The van der Waals surface area contributed by atoms with Gasteiger partial charge in [0.05, 0.1) is 21.4 Å². The van der Waals surface area contributed by atoms with Crippen LogP contribution in [0.1, 0.15) is 0 Å². The summed E-state index contributed by atoms with van der Waals surface area (Å²) in [6.45, 7) is -1.80. The zero-order valence-electron chi connectivity index (χ0n) is 29.8. The highest BCUT2D eigenvalue weighted by atomic mass is 35.5. The number of benzene rings is 6. The van der Waals surface area contributed by atoms with Crippen molar-refractivity contribution in [2.24, 2.45) is 20.5 Å². The summed E-state index contributed by atoms with van der Waals surface area (Å²) < 4.78 is 80.2. The fourth-order valence-electron chi connectivity index (χ4n) is 5.66. The van der Waals surface area contributed by atoms with Gasteiger partial charge in [-0.2, -0.15) is 16.8 Å². The van der Waals surface area contributed by atoms with E-state index in [2.05, 4.69) is 20.5 Å². The summed E-state index contributed by atoms with van der Waals surface area (Å²) in [5, 5.41) is 56.1. The number of phenols is 2. The summed E-state index contributed by atoms with van der Waals surface area (Å²) in [6.07, 6.45) is 0. The number of aliphatic carboxylic acids is 2. The maximum absolute atomic E-state index is 12.4. The van der Waals surface area contributed by atoms with Crippen LogP contribution in [-0.2, 0) is 29.8 Å². The van der Waals surface area contributed by atoms with Crippen molar-refractivity contribution in [2.75, 3.05) is 24.7 Å². The highest BCUT2D eigenvalue weighted by Crippen LogP contribution is 2.47. The molecule has 20 nitrogen and oxygen atoms in total. The van der Waals surface area contributed by atoms with Crippen LogP contribution in [0.4, 0.5) is 34.1 Å². The summed E-state index contributed by atoms with van der Waals surface area (Å²) in [4.78, 5) is 21.2. The number of nitrogen functional groups attached to an aromatic ring is 2. The number of carbonyl (C=O) groups is 2. The van der Waals surface area contributed by atoms with E-state index in [1.165, 1.54) is 60.7 Å². The van der Waals surface area contributed by atoms with Crippen LogP contribution < -0.4 is 20.9 Å². The van der Waals surface area contributed by atoms with Gasteiger partial charge in [0.2, 0.25) is 0 Å². The number of azo groups is 2. The first-order valence-corrected chi connectivity index (χ1v) is 20.0. The second-order valence-corrected chi connectivity index (χ2v) is 15.9. The fraction of sp³-hybridized carbons (Fsp3) is 0.0556. The summed E-state index contributed by atoms with van der Waals surface area (Å²) in [7, 11) is -10.1. The fourth-order valence-corrected chi connectivity index (χ4v) is 7.40. The summed E-state index contributed by atoms with van der Waals surface area (Å²) in [6, 6.07) is 15.1. The Morgan fingerprint density at radius 1 is 0.567 bits per heavy atom. The maximum atomic E-state index is 12.4. The van der Waals surface area contributed by atoms with Crippen LogP contribution in [0.25, 0.3) is 32.7 Å². The number of carboxylic acids is 2. The quantitative estimate of drug-likeness (QED) is 0.0311. The summed E-state index contributed by atoms with van der Waals surface area (Å²) >= 11 is 12.4. The van der Waals surface area contributed by atoms with Gasteiger partial charge in [0.15, 0.2) is 24.7 Å².